The topological polar surface area (TPSA) is 78.3 Å². The second-order valence-electron chi connectivity index (χ2n) is 5.00. The first-order valence-corrected chi connectivity index (χ1v) is 7.68. The molecule has 4 N–H and O–H groups in total. The van der Waals surface area contributed by atoms with E-state index in [2.05, 4.69) is 15.9 Å². The van der Waals surface area contributed by atoms with Crippen LogP contribution in [0.5, 0.6) is 5.75 Å². The maximum Gasteiger partial charge on any atom is 0.258 e. The summed E-state index contributed by atoms with van der Waals surface area (Å²) >= 11 is 3.48. The zero-order chi connectivity index (χ0) is 15.3. The van der Waals surface area contributed by atoms with Crippen LogP contribution >= 0.6 is 15.9 Å². The molecule has 0 spiro atoms. The van der Waals surface area contributed by atoms with Crippen LogP contribution in [0.3, 0.4) is 0 Å². The summed E-state index contributed by atoms with van der Waals surface area (Å²) < 4.78 is 6.82. The van der Waals surface area contributed by atoms with E-state index in [9.17, 15) is 4.79 Å². The number of primary amides is 1. The van der Waals surface area contributed by atoms with Gasteiger partial charge >= 0.3 is 0 Å². The maximum absolute atomic E-state index is 11.4. The number of aryl methyl sites for hydroxylation is 1. The quantitative estimate of drug-likeness (QED) is 0.799. The maximum atomic E-state index is 11.4. The second kappa shape index (κ2) is 7.64. The molecule has 4 nitrogen and oxygen atoms in total. The first-order valence-electron chi connectivity index (χ1n) is 6.89. The van der Waals surface area contributed by atoms with E-state index < -0.39 is 12.0 Å². The molecule has 0 aliphatic rings. The molecule has 1 aromatic rings. The molecule has 0 fully saturated rings. The number of halogens is 1. The predicted octanol–water partition coefficient (Wildman–Crippen LogP) is 2.68. The Labute approximate surface area is 129 Å². The van der Waals surface area contributed by atoms with Crippen molar-refractivity contribution in [3.8, 4) is 5.75 Å². The van der Waals surface area contributed by atoms with Crippen LogP contribution in [0, 0.1) is 6.92 Å². The summed E-state index contributed by atoms with van der Waals surface area (Å²) in [5, 5.41) is 0. The number of nitrogens with two attached hydrogens (primary N) is 2. The number of carbonyl (C=O) groups excluding carboxylic acids is 1. The van der Waals surface area contributed by atoms with Gasteiger partial charge in [0.05, 0.1) is 0 Å². The van der Waals surface area contributed by atoms with Crippen molar-refractivity contribution < 1.29 is 9.53 Å². The van der Waals surface area contributed by atoms with Crippen LogP contribution < -0.4 is 16.2 Å². The van der Waals surface area contributed by atoms with Crippen LogP contribution in [-0.2, 0) is 11.2 Å². The molecule has 1 rings (SSSR count). The van der Waals surface area contributed by atoms with E-state index in [-0.39, 0.29) is 6.04 Å². The molecule has 0 heterocycles. The lowest BCUT2D eigenvalue weighted by Gasteiger charge is -2.21. The van der Waals surface area contributed by atoms with Crippen LogP contribution in [0.1, 0.15) is 37.8 Å². The van der Waals surface area contributed by atoms with Gasteiger partial charge in [0.15, 0.2) is 6.10 Å². The molecule has 2 unspecified atom stereocenters. The molecule has 0 radical (unpaired) electrons. The highest BCUT2D eigenvalue weighted by Gasteiger charge is 2.19. The van der Waals surface area contributed by atoms with Crippen molar-refractivity contribution in [1.82, 2.24) is 0 Å². The molecule has 0 saturated carbocycles. The summed E-state index contributed by atoms with van der Waals surface area (Å²) in [6.45, 7) is 5.88. The van der Waals surface area contributed by atoms with Crippen molar-refractivity contribution in [3.63, 3.8) is 0 Å². The summed E-state index contributed by atoms with van der Waals surface area (Å²) in [6, 6.07) is 4.02. The predicted molar refractivity (Wildman–Crippen MR) is 84.8 cm³/mol. The number of ether oxygens (including phenoxy) is 1. The summed E-state index contributed by atoms with van der Waals surface area (Å²) in [7, 11) is 0. The minimum atomic E-state index is -0.605. The van der Waals surface area contributed by atoms with E-state index >= 15 is 0 Å². The van der Waals surface area contributed by atoms with Crippen LogP contribution in [0.25, 0.3) is 0 Å². The van der Waals surface area contributed by atoms with Gasteiger partial charge in [0.25, 0.3) is 5.91 Å². The first kappa shape index (κ1) is 17.0. The molecule has 20 heavy (non-hydrogen) atoms. The highest BCUT2D eigenvalue weighted by atomic mass is 79.9. The molecule has 0 bridgehead atoms. The molecule has 0 aromatic heterocycles. The molecule has 1 amide bonds. The van der Waals surface area contributed by atoms with Gasteiger partial charge in [-0.3, -0.25) is 4.79 Å². The van der Waals surface area contributed by atoms with Crippen molar-refractivity contribution in [1.29, 1.82) is 0 Å². The van der Waals surface area contributed by atoms with Crippen LogP contribution in [0.15, 0.2) is 16.6 Å². The highest BCUT2D eigenvalue weighted by Crippen LogP contribution is 2.30. The molecule has 0 saturated heterocycles. The van der Waals surface area contributed by atoms with Gasteiger partial charge in [-0.2, -0.15) is 0 Å². The van der Waals surface area contributed by atoms with Crippen LogP contribution in [-0.4, -0.2) is 18.1 Å². The second-order valence-corrected chi connectivity index (χ2v) is 5.92. The van der Waals surface area contributed by atoms with E-state index in [1.165, 1.54) is 0 Å². The van der Waals surface area contributed by atoms with Gasteiger partial charge in [0.1, 0.15) is 5.75 Å². The van der Waals surface area contributed by atoms with E-state index in [0.29, 0.717) is 12.8 Å². The minimum Gasteiger partial charge on any atom is -0.480 e. The summed E-state index contributed by atoms with van der Waals surface area (Å²) in [4.78, 5) is 11.4. The molecule has 0 aliphatic carbocycles. The molecular formula is C15H23BrN2O2. The third-order valence-electron chi connectivity index (χ3n) is 3.27. The highest BCUT2D eigenvalue weighted by molar-refractivity contribution is 9.10. The van der Waals surface area contributed by atoms with Gasteiger partial charge in [-0.25, -0.2) is 0 Å². The third-order valence-corrected chi connectivity index (χ3v) is 3.73. The van der Waals surface area contributed by atoms with Crippen molar-refractivity contribution in [2.75, 3.05) is 0 Å². The van der Waals surface area contributed by atoms with E-state index in [4.69, 9.17) is 16.2 Å². The fourth-order valence-electron chi connectivity index (χ4n) is 2.03. The Morgan fingerprint density at radius 1 is 1.35 bits per heavy atom. The Balaban J connectivity index is 3.12. The van der Waals surface area contributed by atoms with E-state index in [1.54, 1.807) is 0 Å². The zero-order valence-electron chi connectivity index (χ0n) is 12.3. The number of hydrogen-bond acceptors (Lipinski definition) is 3. The number of amides is 1. The van der Waals surface area contributed by atoms with Crippen molar-refractivity contribution in [2.24, 2.45) is 11.5 Å². The SMILES string of the molecule is CCC(N)Cc1cc(Br)cc(C)c1OC(CC)C(N)=O. The monoisotopic (exact) mass is 342 g/mol. The molecular weight excluding hydrogens is 320 g/mol. The molecule has 2 atom stereocenters. The Morgan fingerprint density at radius 2 is 2.00 bits per heavy atom. The minimum absolute atomic E-state index is 0.0692. The lowest BCUT2D eigenvalue weighted by molar-refractivity contribution is -0.124. The largest absolute Gasteiger partial charge is 0.480 e. The Morgan fingerprint density at radius 3 is 2.50 bits per heavy atom. The number of benzene rings is 1. The normalized spacial score (nSPS) is 13.8. The van der Waals surface area contributed by atoms with Crippen LogP contribution in [0.2, 0.25) is 0 Å². The molecule has 1 aromatic carbocycles. The Bertz CT molecular complexity index is 477. The fraction of sp³-hybridized carbons (Fsp3) is 0.533. The van der Waals surface area contributed by atoms with Gasteiger partial charge in [-0.1, -0.05) is 29.8 Å². The molecule has 5 heteroatoms. The van der Waals surface area contributed by atoms with Crippen LogP contribution in [0.4, 0.5) is 0 Å². The summed E-state index contributed by atoms with van der Waals surface area (Å²) in [5.41, 5.74) is 13.4. The van der Waals surface area contributed by atoms with Gasteiger partial charge in [0, 0.05) is 10.5 Å². The van der Waals surface area contributed by atoms with E-state index in [0.717, 1.165) is 27.8 Å². The average Bonchev–Trinajstić information content (AvgIpc) is 2.37. The lowest BCUT2D eigenvalue weighted by Crippen LogP contribution is -2.33. The van der Waals surface area contributed by atoms with Gasteiger partial charge in [-0.15, -0.1) is 0 Å². The Hall–Kier alpha value is -1.07. The fourth-order valence-corrected chi connectivity index (χ4v) is 2.65. The van der Waals surface area contributed by atoms with Gasteiger partial charge in [-0.05, 0) is 49.4 Å². The smallest absolute Gasteiger partial charge is 0.258 e. The van der Waals surface area contributed by atoms with E-state index in [1.807, 2.05) is 32.9 Å². The van der Waals surface area contributed by atoms with Gasteiger partial charge in [0.2, 0.25) is 0 Å². The zero-order valence-corrected chi connectivity index (χ0v) is 13.9. The average molecular weight is 343 g/mol. The summed E-state index contributed by atoms with van der Waals surface area (Å²) in [5.74, 6) is 0.281. The van der Waals surface area contributed by atoms with Crippen molar-refractivity contribution >= 4 is 21.8 Å². The van der Waals surface area contributed by atoms with Crippen molar-refractivity contribution in [2.45, 2.75) is 52.2 Å². The standard InChI is InChI=1S/C15H23BrN2O2/c1-4-12(17)8-10-7-11(16)6-9(3)14(10)20-13(5-2)15(18)19/h6-7,12-13H,4-5,8,17H2,1-3H3,(H2,18,19). The first-order chi connectivity index (χ1) is 9.38. The molecule has 0 aliphatic heterocycles. The van der Waals surface area contributed by atoms with Gasteiger partial charge < -0.3 is 16.2 Å². The Kier molecular flexibility index (Phi) is 6.49. The van der Waals surface area contributed by atoms with Crippen molar-refractivity contribution in [3.05, 3.63) is 27.7 Å². The molecule has 112 valence electrons. The lowest BCUT2D eigenvalue weighted by atomic mass is 10.0. The number of hydrogen-bond donors (Lipinski definition) is 2. The third kappa shape index (κ3) is 4.49. The number of carbonyl (C=O) groups is 1. The number of rotatable bonds is 7. The summed E-state index contributed by atoms with van der Waals surface area (Å²) in [6.07, 6.45) is 1.54.